The van der Waals surface area contributed by atoms with Gasteiger partial charge in [0.25, 0.3) is 0 Å². The van der Waals surface area contributed by atoms with Gasteiger partial charge in [-0.3, -0.25) is 15.0 Å². The van der Waals surface area contributed by atoms with Gasteiger partial charge in [0.15, 0.2) is 0 Å². The first-order chi connectivity index (χ1) is 10.2. The Morgan fingerprint density at radius 1 is 1.38 bits per heavy atom. The molecule has 0 bridgehead atoms. The fourth-order valence-electron chi connectivity index (χ4n) is 3.42. The van der Waals surface area contributed by atoms with Gasteiger partial charge in [-0.15, -0.1) is 0 Å². The van der Waals surface area contributed by atoms with Crippen LogP contribution in [0.25, 0.3) is 0 Å². The molecule has 3 rings (SSSR count). The SMILES string of the molecule is CN(Cc1ccn[nH]1)C[C@@H]1CCN(C)[C@H]1c1cccnc1. The van der Waals surface area contributed by atoms with Gasteiger partial charge in [-0.1, -0.05) is 6.07 Å². The summed E-state index contributed by atoms with van der Waals surface area (Å²) < 4.78 is 0. The minimum atomic E-state index is 0.475. The number of nitrogens with zero attached hydrogens (tertiary/aromatic N) is 4. The van der Waals surface area contributed by atoms with Crippen molar-refractivity contribution in [2.45, 2.75) is 19.0 Å². The molecule has 21 heavy (non-hydrogen) atoms. The predicted molar refractivity (Wildman–Crippen MR) is 82.6 cm³/mol. The quantitative estimate of drug-likeness (QED) is 0.912. The molecule has 0 aromatic carbocycles. The van der Waals surface area contributed by atoms with Crippen molar-refractivity contribution in [3.63, 3.8) is 0 Å². The Bertz CT molecular complexity index is 539. The first-order valence-corrected chi connectivity index (χ1v) is 7.51. The summed E-state index contributed by atoms with van der Waals surface area (Å²) >= 11 is 0. The number of rotatable bonds is 5. The highest BCUT2D eigenvalue weighted by atomic mass is 15.2. The zero-order chi connectivity index (χ0) is 14.7. The van der Waals surface area contributed by atoms with Gasteiger partial charge in [-0.05, 0) is 50.7 Å². The Morgan fingerprint density at radius 2 is 2.29 bits per heavy atom. The summed E-state index contributed by atoms with van der Waals surface area (Å²) in [6.07, 6.45) is 6.90. The van der Waals surface area contributed by atoms with Gasteiger partial charge >= 0.3 is 0 Å². The fraction of sp³-hybridized carbons (Fsp3) is 0.500. The van der Waals surface area contributed by atoms with Crippen LogP contribution in [0.1, 0.15) is 23.7 Å². The van der Waals surface area contributed by atoms with Crippen LogP contribution >= 0.6 is 0 Å². The number of hydrogen-bond donors (Lipinski definition) is 1. The Hall–Kier alpha value is -1.72. The highest BCUT2D eigenvalue weighted by molar-refractivity contribution is 5.17. The van der Waals surface area contributed by atoms with Crippen molar-refractivity contribution in [3.8, 4) is 0 Å². The minimum absolute atomic E-state index is 0.475. The van der Waals surface area contributed by atoms with Crippen molar-refractivity contribution in [1.82, 2.24) is 25.0 Å². The van der Waals surface area contributed by atoms with E-state index in [1.54, 1.807) is 0 Å². The number of nitrogens with one attached hydrogen (secondary N) is 1. The van der Waals surface area contributed by atoms with Gasteiger partial charge in [-0.2, -0.15) is 5.10 Å². The highest BCUT2D eigenvalue weighted by Crippen LogP contribution is 2.36. The minimum Gasteiger partial charge on any atom is -0.300 e. The van der Waals surface area contributed by atoms with Gasteiger partial charge in [0.05, 0.1) is 0 Å². The van der Waals surface area contributed by atoms with Crippen LogP contribution in [0.3, 0.4) is 0 Å². The molecule has 0 radical (unpaired) electrons. The summed E-state index contributed by atoms with van der Waals surface area (Å²) in [4.78, 5) is 9.11. The standard InChI is InChI=1S/C16H23N5/c1-20(12-15-5-8-18-19-15)11-14-6-9-21(2)16(14)13-4-3-7-17-10-13/h3-5,7-8,10,14,16H,6,9,11-12H2,1-2H3,(H,18,19)/t14-,16-/m0/s1. The average Bonchev–Trinajstić information content (AvgIpc) is 3.10. The zero-order valence-electron chi connectivity index (χ0n) is 12.7. The zero-order valence-corrected chi connectivity index (χ0v) is 12.7. The maximum atomic E-state index is 4.28. The van der Waals surface area contributed by atoms with Crippen LogP contribution in [-0.4, -0.2) is 52.2 Å². The van der Waals surface area contributed by atoms with Gasteiger partial charge in [0.1, 0.15) is 0 Å². The Morgan fingerprint density at radius 3 is 3.00 bits per heavy atom. The van der Waals surface area contributed by atoms with Crippen LogP contribution in [0.5, 0.6) is 0 Å². The molecule has 1 fully saturated rings. The molecule has 0 unspecified atom stereocenters. The summed E-state index contributed by atoms with van der Waals surface area (Å²) in [7, 11) is 4.39. The molecular formula is C16H23N5. The molecule has 0 saturated carbocycles. The van der Waals surface area contributed by atoms with E-state index in [0.717, 1.165) is 19.6 Å². The van der Waals surface area contributed by atoms with Crippen LogP contribution < -0.4 is 0 Å². The van der Waals surface area contributed by atoms with E-state index in [4.69, 9.17) is 0 Å². The van der Waals surface area contributed by atoms with Gasteiger partial charge in [-0.25, -0.2) is 0 Å². The number of hydrogen-bond acceptors (Lipinski definition) is 4. The van der Waals surface area contributed by atoms with Crippen LogP contribution in [0.15, 0.2) is 36.8 Å². The third-order valence-corrected chi connectivity index (χ3v) is 4.34. The maximum absolute atomic E-state index is 4.28. The van der Waals surface area contributed by atoms with Crippen LogP contribution in [-0.2, 0) is 6.54 Å². The Balaban J connectivity index is 1.66. The molecule has 5 nitrogen and oxygen atoms in total. The van der Waals surface area contributed by atoms with Gasteiger partial charge in [0, 0.05) is 43.4 Å². The molecule has 0 spiro atoms. The average molecular weight is 285 g/mol. The van der Waals surface area contributed by atoms with Crippen molar-refractivity contribution in [2.75, 3.05) is 27.2 Å². The van der Waals surface area contributed by atoms with Crippen LogP contribution in [0.2, 0.25) is 0 Å². The molecule has 1 aliphatic rings. The van der Waals surface area contributed by atoms with E-state index in [1.807, 2.05) is 30.7 Å². The van der Waals surface area contributed by atoms with Crippen LogP contribution in [0.4, 0.5) is 0 Å². The lowest BCUT2D eigenvalue weighted by Gasteiger charge is -2.28. The number of aromatic amines is 1. The van der Waals surface area contributed by atoms with Crippen molar-refractivity contribution >= 4 is 0 Å². The maximum Gasteiger partial charge on any atom is 0.0492 e. The van der Waals surface area contributed by atoms with E-state index < -0.39 is 0 Å². The Kier molecular flexibility index (Phi) is 4.31. The Labute approximate surface area is 126 Å². The van der Waals surface area contributed by atoms with E-state index in [2.05, 4.69) is 45.1 Å². The monoisotopic (exact) mass is 285 g/mol. The van der Waals surface area contributed by atoms with E-state index in [9.17, 15) is 0 Å². The molecule has 1 saturated heterocycles. The molecule has 112 valence electrons. The largest absolute Gasteiger partial charge is 0.300 e. The third kappa shape index (κ3) is 3.31. The lowest BCUT2D eigenvalue weighted by Crippen LogP contribution is -2.30. The van der Waals surface area contributed by atoms with Gasteiger partial charge < -0.3 is 4.90 Å². The second kappa shape index (κ2) is 6.37. The molecule has 0 amide bonds. The van der Waals surface area contributed by atoms with Crippen molar-refractivity contribution in [1.29, 1.82) is 0 Å². The topological polar surface area (TPSA) is 48.1 Å². The van der Waals surface area contributed by atoms with E-state index >= 15 is 0 Å². The van der Waals surface area contributed by atoms with E-state index in [1.165, 1.54) is 17.7 Å². The molecule has 2 aromatic heterocycles. The second-order valence-corrected chi connectivity index (χ2v) is 6.04. The third-order valence-electron chi connectivity index (χ3n) is 4.34. The first kappa shape index (κ1) is 14.2. The molecule has 1 aliphatic heterocycles. The predicted octanol–water partition coefficient (Wildman–Crippen LogP) is 1.93. The summed E-state index contributed by atoms with van der Waals surface area (Å²) in [6, 6.07) is 6.74. The van der Waals surface area contributed by atoms with Crippen molar-refractivity contribution < 1.29 is 0 Å². The van der Waals surface area contributed by atoms with Crippen LogP contribution in [0, 0.1) is 5.92 Å². The molecule has 1 N–H and O–H groups in total. The highest BCUT2D eigenvalue weighted by Gasteiger charge is 2.33. The van der Waals surface area contributed by atoms with Crippen molar-refractivity contribution in [3.05, 3.63) is 48.0 Å². The first-order valence-electron chi connectivity index (χ1n) is 7.51. The fourth-order valence-corrected chi connectivity index (χ4v) is 3.42. The summed E-state index contributed by atoms with van der Waals surface area (Å²) in [6.45, 7) is 3.16. The number of aromatic nitrogens is 3. The van der Waals surface area contributed by atoms with Crippen molar-refractivity contribution in [2.24, 2.45) is 5.92 Å². The summed E-state index contributed by atoms with van der Waals surface area (Å²) in [5.74, 6) is 0.645. The lowest BCUT2D eigenvalue weighted by atomic mass is 9.94. The smallest absolute Gasteiger partial charge is 0.0492 e. The molecule has 2 atom stereocenters. The molecule has 3 heterocycles. The molecule has 2 aromatic rings. The summed E-state index contributed by atoms with van der Waals surface area (Å²) in [5.41, 5.74) is 2.50. The van der Waals surface area contributed by atoms with E-state index in [-0.39, 0.29) is 0 Å². The molecule has 5 heteroatoms. The second-order valence-electron chi connectivity index (χ2n) is 6.04. The van der Waals surface area contributed by atoms with Gasteiger partial charge in [0.2, 0.25) is 0 Å². The summed E-state index contributed by atoms with van der Waals surface area (Å²) in [5, 5.41) is 7.05. The number of pyridine rings is 1. The molecular weight excluding hydrogens is 262 g/mol. The normalized spacial score (nSPS) is 23.0. The number of H-pyrrole nitrogens is 1. The lowest BCUT2D eigenvalue weighted by molar-refractivity contribution is 0.212. The van der Waals surface area contributed by atoms with E-state index in [0.29, 0.717) is 12.0 Å². The molecule has 0 aliphatic carbocycles. The number of likely N-dealkylation sites (tertiary alicyclic amines) is 1.